The van der Waals surface area contributed by atoms with Crippen molar-refractivity contribution in [1.82, 2.24) is 15.6 Å². The molecule has 1 aliphatic heterocycles. The van der Waals surface area contributed by atoms with E-state index >= 15 is 0 Å². The van der Waals surface area contributed by atoms with E-state index < -0.39 is 0 Å². The summed E-state index contributed by atoms with van der Waals surface area (Å²) in [5, 5.41) is 7.00. The molecule has 0 spiro atoms. The van der Waals surface area contributed by atoms with Gasteiger partial charge in [0, 0.05) is 45.5 Å². The SMILES string of the molecule is CCOC(CCNC(=NC)NC1CCN(c2ccccn2)CC1)C(C)C. The Morgan fingerprint density at radius 2 is 2.12 bits per heavy atom. The van der Waals surface area contributed by atoms with E-state index in [1.54, 1.807) is 0 Å². The summed E-state index contributed by atoms with van der Waals surface area (Å²) in [5.74, 6) is 2.49. The third-order valence-corrected chi connectivity index (χ3v) is 4.88. The fourth-order valence-corrected chi connectivity index (χ4v) is 3.34. The highest BCUT2D eigenvalue weighted by Crippen LogP contribution is 2.17. The van der Waals surface area contributed by atoms with E-state index in [-0.39, 0.29) is 0 Å². The number of nitrogens with zero attached hydrogens (tertiary/aromatic N) is 3. The lowest BCUT2D eigenvalue weighted by atomic mass is 10.0. The number of rotatable bonds is 8. The van der Waals surface area contributed by atoms with E-state index in [0.717, 1.165) is 57.3 Å². The van der Waals surface area contributed by atoms with E-state index in [1.807, 2.05) is 25.4 Å². The summed E-state index contributed by atoms with van der Waals surface area (Å²) >= 11 is 0. The molecule has 0 saturated carbocycles. The maximum absolute atomic E-state index is 5.81. The average molecular weight is 362 g/mol. The highest BCUT2D eigenvalue weighted by atomic mass is 16.5. The van der Waals surface area contributed by atoms with Gasteiger partial charge in [0.2, 0.25) is 0 Å². The van der Waals surface area contributed by atoms with Crippen molar-refractivity contribution in [3.05, 3.63) is 24.4 Å². The Hall–Kier alpha value is -1.82. The Balaban J connectivity index is 1.72. The van der Waals surface area contributed by atoms with Crippen LogP contribution in [-0.4, -0.2) is 56.4 Å². The first-order valence-corrected chi connectivity index (χ1v) is 9.88. The van der Waals surface area contributed by atoms with Crippen molar-refractivity contribution in [1.29, 1.82) is 0 Å². The molecule has 0 aromatic carbocycles. The van der Waals surface area contributed by atoms with Crippen molar-refractivity contribution in [2.24, 2.45) is 10.9 Å². The van der Waals surface area contributed by atoms with Gasteiger partial charge in [-0.15, -0.1) is 0 Å². The number of aliphatic imine (C=N–C) groups is 1. The Morgan fingerprint density at radius 1 is 1.35 bits per heavy atom. The highest BCUT2D eigenvalue weighted by molar-refractivity contribution is 5.79. The van der Waals surface area contributed by atoms with Crippen molar-refractivity contribution >= 4 is 11.8 Å². The molecule has 1 unspecified atom stereocenters. The summed E-state index contributed by atoms with van der Waals surface area (Å²) in [5.41, 5.74) is 0. The number of hydrogen-bond donors (Lipinski definition) is 2. The first-order chi connectivity index (χ1) is 12.6. The molecule has 2 N–H and O–H groups in total. The molecule has 0 aliphatic carbocycles. The predicted molar refractivity (Wildman–Crippen MR) is 109 cm³/mol. The quantitative estimate of drug-likeness (QED) is 0.551. The van der Waals surface area contributed by atoms with Crippen LogP contribution in [0.15, 0.2) is 29.4 Å². The summed E-state index contributed by atoms with van der Waals surface area (Å²) in [6.45, 7) is 10.2. The van der Waals surface area contributed by atoms with Gasteiger partial charge in [0.05, 0.1) is 6.10 Å². The van der Waals surface area contributed by atoms with E-state index in [9.17, 15) is 0 Å². The van der Waals surface area contributed by atoms with Crippen LogP contribution in [0.25, 0.3) is 0 Å². The minimum Gasteiger partial charge on any atom is -0.378 e. The Bertz CT molecular complexity index is 526. The molecule has 2 heterocycles. The van der Waals surface area contributed by atoms with Crippen LogP contribution in [0.1, 0.15) is 40.0 Å². The van der Waals surface area contributed by atoms with Gasteiger partial charge >= 0.3 is 0 Å². The van der Waals surface area contributed by atoms with E-state index in [2.05, 4.69) is 52.3 Å². The van der Waals surface area contributed by atoms with Gasteiger partial charge in [0.25, 0.3) is 0 Å². The molecule has 1 saturated heterocycles. The zero-order chi connectivity index (χ0) is 18.8. The Kier molecular flexibility index (Phi) is 8.68. The van der Waals surface area contributed by atoms with Gasteiger partial charge in [0.1, 0.15) is 5.82 Å². The zero-order valence-electron chi connectivity index (χ0n) is 16.7. The molecule has 1 aromatic heterocycles. The Labute approximate surface area is 158 Å². The highest BCUT2D eigenvalue weighted by Gasteiger charge is 2.21. The van der Waals surface area contributed by atoms with Gasteiger partial charge in [0.15, 0.2) is 5.96 Å². The molecule has 2 rings (SSSR count). The predicted octanol–water partition coefficient (Wildman–Crippen LogP) is 2.67. The van der Waals surface area contributed by atoms with Crippen LogP contribution in [0.5, 0.6) is 0 Å². The number of nitrogens with one attached hydrogen (secondary N) is 2. The normalized spacial score (nSPS) is 17.4. The molecule has 0 radical (unpaired) electrons. The van der Waals surface area contributed by atoms with Crippen molar-refractivity contribution in [3.8, 4) is 0 Å². The first-order valence-electron chi connectivity index (χ1n) is 9.88. The molecule has 0 bridgehead atoms. The van der Waals surface area contributed by atoms with Crippen molar-refractivity contribution in [3.63, 3.8) is 0 Å². The van der Waals surface area contributed by atoms with Crippen LogP contribution in [0.2, 0.25) is 0 Å². The van der Waals surface area contributed by atoms with Gasteiger partial charge in [-0.25, -0.2) is 4.98 Å². The fraction of sp³-hybridized carbons (Fsp3) is 0.700. The molecule has 6 heteroatoms. The molecule has 0 amide bonds. The van der Waals surface area contributed by atoms with E-state index in [1.165, 1.54) is 0 Å². The van der Waals surface area contributed by atoms with Crippen molar-refractivity contribution < 1.29 is 4.74 Å². The minimum atomic E-state index is 0.298. The van der Waals surface area contributed by atoms with Crippen LogP contribution >= 0.6 is 0 Å². The maximum atomic E-state index is 5.81. The lowest BCUT2D eigenvalue weighted by Gasteiger charge is -2.33. The number of aromatic nitrogens is 1. The van der Waals surface area contributed by atoms with E-state index in [4.69, 9.17) is 4.74 Å². The van der Waals surface area contributed by atoms with Crippen molar-refractivity contribution in [2.75, 3.05) is 38.2 Å². The van der Waals surface area contributed by atoms with Gasteiger partial charge in [-0.2, -0.15) is 0 Å². The summed E-state index contributed by atoms with van der Waals surface area (Å²) in [4.78, 5) is 11.2. The number of pyridine rings is 1. The number of hydrogen-bond acceptors (Lipinski definition) is 4. The molecule has 6 nitrogen and oxygen atoms in total. The lowest BCUT2D eigenvalue weighted by molar-refractivity contribution is 0.0258. The second kappa shape index (κ2) is 11.0. The second-order valence-electron chi connectivity index (χ2n) is 7.12. The largest absolute Gasteiger partial charge is 0.378 e. The molecule has 26 heavy (non-hydrogen) atoms. The van der Waals surface area contributed by atoms with E-state index in [0.29, 0.717) is 18.1 Å². The summed E-state index contributed by atoms with van der Waals surface area (Å²) in [6.07, 6.45) is 5.32. The maximum Gasteiger partial charge on any atom is 0.191 e. The standard InChI is InChI=1S/C20H35N5O/c1-5-26-18(16(2)3)9-13-23-20(21-4)24-17-10-14-25(15-11-17)19-8-6-7-12-22-19/h6-8,12,16-18H,5,9-11,13-15H2,1-4H3,(H2,21,23,24). The molecule has 1 aliphatic rings. The van der Waals surface area contributed by atoms with Crippen LogP contribution in [0, 0.1) is 5.92 Å². The average Bonchev–Trinajstić information content (AvgIpc) is 2.67. The molecule has 146 valence electrons. The number of ether oxygens (including phenoxy) is 1. The zero-order valence-corrected chi connectivity index (χ0v) is 16.7. The fourth-order valence-electron chi connectivity index (χ4n) is 3.34. The van der Waals surface area contributed by atoms with Gasteiger partial charge in [-0.3, -0.25) is 4.99 Å². The van der Waals surface area contributed by atoms with Crippen LogP contribution in [0.4, 0.5) is 5.82 Å². The second-order valence-corrected chi connectivity index (χ2v) is 7.12. The molecular formula is C20H35N5O. The smallest absolute Gasteiger partial charge is 0.191 e. The van der Waals surface area contributed by atoms with Gasteiger partial charge in [-0.05, 0) is 44.2 Å². The molecule has 1 fully saturated rings. The van der Waals surface area contributed by atoms with Crippen LogP contribution in [-0.2, 0) is 4.74 Å². The lowest BCUT2D eigenvalue weighted by Crippen LogP contribution is -2.49. The summed E-state index contributed by atoms with van der Waals surface area (Å²) < 4.78 is 5.81. The summed E-state index contributed by atoms with van der Waals surface area (Å²) in [7, 11) is 1.83. The Morgan fingerprint density at radius 3 is 2.69 bits per heavy atom. The first kappa shape index (κ1) is 20.5. The molecular weight excluding hydrogens is 326 g/mol. The van der Waals surface area contributed by atoms with Crippen LogP contribution < -0.4 is 15.5 Å². The molecule has 1 atom stereocenters. The van der Waals surface area contributed by atoms with Crippen LogP contribution in [0.3, 0.4) is 0 Å². The van der Waals surface area contributed by atoms with Crippen molar-refractivity contribution in [2.45, 2.75) is 52.2 Å². The monoisotopic (exact) mass is 361 g/mol. The van der Waals surface area contributed by atoms with Gasteiger partial charge in [-0.1, -0.05) is 19.9 Å². The van der Waals surface area contributed by atoms with Gasteiger partial charge < -0.3 is 20.3 Å². The summed E-state index contributed by atoms with van der Waals surface area (Å²) in [6, 6.07) is 6.54. The number of piperidine rings is 1. The third-order valence-electron chi connectivity index (χ3n) is 4.88. The number of anilines is 1. The number of guanidine groups is 1. The third kappa shape index (κ3) is 6.48. The minimum absolute atomic E-state index is 0.298. The molecule has 1 aromatic rings. The topological polar surface area (TPSA) is 61.8 Å².